The average molecular weight is 403 g/mol. The number of nitrogens with one attached hydrogen (secondary N) is 1. The first-order chi connectivity index (χ1) is 11.5. The second-order valence-corrected chi connectivity index (χ2v) is 5.77. The Bertz CT molecular complexity index is 670. The summed E-state index contributed by atoms with van der Waals surface area (Å²) in [5.41, 5.74) is -1.41. The van der Waals surface area contributed by atoms with E-state index in [2.05, 4.69) is 10.5 Å². The zero-order chi connectivity index (χ0) is 19.4. The standard InChI is InChI=1S/C14H15Cl2F3N2O4/c1-3-7(12(22)23)13(24,14(17,18)19)6-20-21-10-5-11(25-2)9(16)4-8(10)15/h4-7,21,24H,3H2,1-2H3,(H,22,23)/b20-6+. The molecule has 6 nitrogen and oxygen atoms in total. The fourth-order valence-corrected chi connectivity index (χ4v) is 2.51. The summed E-state index contributed by atoms with van der Waals surface area (Å²) in [5, 5.41) is 22.3. The molecule has 0 radical (unpaired) electrons. The van der Waals surface area contributed by atoms with Gasteiger partial charge in [-0.3, -0.25) is 10.2 Å². The largest absolute Gasteiger partial charge is 0.495 e. The van der Waals surface area contributed by atoms with Crippen molar-refractivity contribution in [1.82, 2.24) is 0 Å². The molecule has 2 atom stereocenters. The highest BCUT2D eigenvalue weighted by molar-refractivity contribution is 6.37. The van der Waals surface area contributed by atoms with Crippen molar-refractivity contribution in [3.05, 3.63) is 22.2 Å². The Balaban J connectivity index is 3.17. The summed E-state index contributed by atoms with van der Waals surface area (Å²) in [5.74, 6) is -3.75. The third-order valence-corrected chi connectivity index (χ3v) is 3.99. The van der Waals surface area contributed by atoms with Gasteiger partial charge in [0.05, 0.1) is 35.0 Å². The van der Waals surface area contributed by atoms with Crippen LogP contribution in [-0.2, 0) is 4.79 Å². The number of aliphatic carboxylic acids is 1. The smallest absolute Gasteiger partial charge is 0.423 e. The lowest BCUT2D eigenvalue weighted by molar-refractivity contribution is -0.248. The van der Waals surface area contributed by atoms with Gasteiger partial charge in [-0.2, -0.15) is 18.3 Å². The van der Waals surface area contributed by atoms with Gasteiger partial charge in [-0.1, -0.05) is 30.1 Å². The minimum absolute atomic E-state index is 0.0313. The van der Waals surface area contributed by atoms with E-state index >= 15 is 0 Å². The quantitative estimate of drug-likeness (QED) is 0.476. The van der Waals surface area contributed by atoms with Crippen molar-refractivity contribution in [2.75, 3.05) is 12.5 Å². The number of nitrogens with zero attached hydrogens (tertiary/aromatic N) is 1. The van der Waals surface area contributed by atoms with Gasteiger partial charge in [0.1, 0.15) is 5.75 Å². The van der Waals surface area contributed by atoms with E-state index in [1.165, 1.54) is 26.2 Å². The van der Waals surface area contributed by atoms with E-state index in [0.717, 1.165) is 0 Å². The molecule has 0 amide bonds. The molecule has 1 rings (SSSR count). The number of carboxylic acids is 1. The van der Waals surface area contributed by atoms with E-state index in [0.29, 0.717) is 0 Å². The van der Waals surface area contributed by atoms with Gasteiger partial charge in [0.25, 0.3) is 0 Å². The van der Waals surface area contributed by atoms with Crippen LogP contribution in [0.2, 0.25) is 10.0 Å². The zero-order valence-corrected chi connectivity index (χ0v) is 14.6. The number of anilines is 1. The first-order valence-corrected chi connectivity index (χ1v) is 7.58. The number of rotatable bonds is 7. The summed E-state index contributed by atoms with van der Waals surface area (Å²) in [6.45, 7) is 1.21. The maximum Gasteiger partial charge on any atom is 0.423 e. The van der Waals surface area contributed by atoms with Crippen molar-refractivity contribution in [3.8, 4) is 5.75 Å². The van der Waals surface area contributed by atoms with Gasteiger partial charge in [0.15, 0.2) is 0 Å². The number of hydrazone groups is 1. The fourth-order valence-electron chi connectivity index (χ4n) is 2.01. The SMILES string of the molecule is CCC(C(=O)O)C(O)(/C=N/Nc1cc(OC)c(Cl)cc1Cl)C(F)(F)F. The number of carboxylic acid groups (broad SMARTS) is 1. The highest BCUT2D eigenvalue weighted by Crippen LogP contribution is 2.37. The number of carbonyl (C=O) groups is 1. The maximum absolute atomic E-state index is 13.2. The summed E-state index contributed by atoms with van der Waals surface area (Å²) in [4.78, 5) is 11.0. The molecule has 1 aromatic carbocycles. The van der Waals surface area contributed by atoms with Crippen LogP contribution in [0.4, 0.5) is 18.9 Å². The van der Waals surface area contributed by atoms with Gasteiger partial charge in [-0.15, -0.1) is 0 Å². The molecule has 0 aliphatic heterocycles. The number of benzene rings is 1. The van der Waals surface area contributed by atoms with E-state index in [1.807, 2.05) is 0 Å². The summed E-state index contributed by atoms with van der Waals surface area (Å²) in [6.07, 6.45) is -5.63. The molecule has 0 aliphatic carbocycles. The second kappa shape index (κ2) is 8.11. The third kappa shape index (κ3) is 4.68. The van der Waals surface area contributed by atoms with Crippen molar-refractivity contribution in [3.63, 3.8) is 0 Å². The van der Waals surface area contributed by atoms with Crippen LogP contribution in [0, 0.1) is 5.92 Å². The third-order valence-electron chi connectivity index (χ3n) is 3.38. The van der Waals surface area contributed by atoms with Gasteiger partial charge in [0.2, 0.25) is 5.60 Å². The number of hydrogen-bond donors (Lipinski definition) is 3. The van der Waals surface area contributed by atoms with Gasteiger partial charge < -0.3 is 14.9 Å². The molecule has 0 heterocycles. The van der Waals surface area contributed by atoms with E-state index in [-0.39, 0.29) is 27.7 Å². The number of alkyl halides is 3. The first-order valence-electron chi connectivity index (χ1n) is 6.83. The topological polar surface area (TPSA) is 91.2 Å². The summed E-state index contributed by atoms with van der Waals surface area (Å²) >= 11 is 11.7. The Hall–Kier alpha value is -1.71. The highest BCUT2D eigenvalue weighted by atomic mass is 35.5. The molecule has 0 aromatic heterocycles. The number of methoxy groups -OCH3 is 1. The Kier molecular flexibility index (Phi) is 6.92. The lowest BCUT2D eigenvalue weighted by Crippen LogP contribution is -2.55. The monoisotopic (exact) mass is 402 g/mol. The molecule has 11 heteroatoms. The summed E-state index contributed by atoms with van der Waals surface area (Å²) in [6, 6.07) is 2.56. The molecule has 140 valence electrons. The van der Waals surface area contributed by atoms with Crippen molar-refractivity contribution >= 4 is 41.1 Å². The van der Waals surface area contributed by atoms with Crippen LogP contribution >= 0.6 is 23.2 Å². The van der Waals surface area contributed by atoms with Gasteiger partial charge in [-0.05, 0) is 12.5 Å². The normalized spacial score (nSPS) is 15.7. The molecule has 0 fully saturated rings. The predicted octanol–water partition coefficient (Wildman–Crippen LogP) is 3.80. The predicted molar refractivity (Wildman–Crippen MR) is 87.6 cm³/mol. The van der Waals surface area contributed by atoms with Crippen molar-refractivity contribution < 1.29 is 32.9 Å². The Labute approximate surface area is 151 Å². The van der Waals surface area contributed by atoms with Crippen LogP contribution in [0.25, 0.3) is 0 Å². The molecule has 0 spiro atoms. The van der Waals surface area contributed by atoms with Gasteiger partial charge in [-0.25, -0.2) is 0 Å². The van der Waals surface area contributed by atoms with E-state index < -0.39 is 30.1 Å². The average Bonchev–Trinajstić information content (AvgIpc) is 2.48. The van der Waals surface area contributed by atoms with Crippen LogP contribution in [-0.4, -0.2) is 41.3 Å². The summed E-state index contributed by atoms with van der Waals surface area (Å²) < 4.78 is 44.5. The molecular weight excluding hydrogens is 388 g/mol. The van der Waals surface area contributed by atoms with E-state index in [1.54, 1.807) is 0 Å². The van der Waals surface area contributed by atoms with Crippen molar-refractivity contribution in [2.45, 2.75) is 25.1 Å². The molecule has 0 bridgehead atoms. The number of ether oxygens (including phenoxy) is 1. The fraction of sp³-hybridized carbons (Fsp3) is 0.429. The van der Waals surface area contributed by atoms with Crippen LogP contribution in [0.1, 0.15) is 13.3 Å². The number of hydrogen-bond acceptors (Lipinski definition) is 5. The molecule has 0 saturated carbocycles. The van der Waals surface area contributed by atoms with Gasteiger partial charge >= 0.3 is 12.1 Å². The van der Waals surface area contributed by atoms with E-state index in [4.69, 9.17) is 33.0 Å². The molecule has 0 saturated heterocycles. The lowest BCUT2D eigenvalue weighted by Gasteiger charge is -2.31. The molecule has 2 unspecified atom stereocenters. The Morgan fingerprint density at radius 3 is 2.44 bits per heavy atom. The van der Waals surface area contributed by atoms with Crippen LogP contribution in [0.5, 0.6) is 5.75 Å². The van der Waals surface area contributed by atoms with Gasteiger partial charge in [0, 0.05) is 6.07 Å². The highest BCUT2D eigenvalue weighted by Gasteiger charge is 2.59. The molecular formula is C14H15Cl2F3N2O4. The minimum Gasteiger partial charge on any atom is -0.495 e. The van der Waals surface area contributed by atoms with Crippen LogP contribution in [0.15, 0.2) is 17.2 Å². The lowest BCUT2D eigenvalue weighted by atomic mass is 9.85. The number of halogens is 5. The minimum atomic E-state index is -5.25. The van der Waals surface area contributed by atoms with Crippen molar-refractivity contribution in [2.24, 2.45) is 11.0 Å². The zero-order valence-electron chi connectivity index (χ0n) is 13.1. The summed E-state index contributed by atoms with van der Waals surface area (Å²) in [7, 11) is 1.32. The Morgan fingerprint density at radius 2 is 2.00 bits per heavy atom. The van der Waals surface area contributed by atoms with E-state index in [9.17, 15) is 23.1 Å². The molecule has 1 aromatic rings. The van der Waals surface area contributed by atoms with Crippen LogP contribution < -0.4 is 10.2 Å². The second-order valence-electron chi connectivity index (χ2n) is 4.96. The maximum atomic E-state index is 13.2. The molecule has 0 aliphatic rings. The van der Waals surface area contributed by atoms with Crippen LogP contribution in [0.3, 0.4) is 0 Å². The number of aliphatic hydroxyl groups is 1. The molecule has 25 heavy (non-hydrogen) atoms. The first kappa shape index (κ1) is 21.3. The Morgan fingerprint density at radius 1 is 1.40 bits per heavy atom. The molecule has 3 N–H and O–H groups in total. The van der Waals surface area contributed by atoms with Crippen molar-refractivity contribution in [1.29, 1.82) is 0 Å².